The lowest BCUT2D eigenvalue weighted by Gasteiger charge is -2.07. The minimum atomic E-state index is 0.784. The Morgan fingerprint density at radius 1 is 1.47 bits per heavy atom. The number of hydrogen-bond donors (Lipinski definition) is 0. The first-order valence-corrected chi connectivity index (χ1v) is 5.04. The largest absolute Gasteiger partial charge is 0.298 e. The van der Waals surface area contributed by atoms with Crippen LogP contribution in [0.2, 0.25) is 0 Å². The molecule has 0 spiro atoms. The van der Waals surface area contributed by atoms with Gasteiger partial charge < -0.3 is 0 Å². The molecule has 0 atom stereocenters. The lowest BCUT2D eigenvalue weighted by Crippen LogP contribution is -1.96. The van der Waals surface area contributed by atoms with E-state index in [0.29, 0.717) is 0 Å². The van der Waals surface area contributed by atoms with Gasteiger partial charge in [0.2, 0.25) is 0 Å². The smallest absolute Gasteiger partial charge is 0.150 e. The summed E-state index contributed by atoms with van der Waals surface area (Å²) in [6.45, 7) is 2.00. The number of hydrogen-bond acceptors (Lipinski definition) is 2. The Bertz CT molecular complexity index is 444. The number of rotatable bonds is 3. The summed E-state index contributed by atoms with van der Waals surface area (Å²) in [7, 11) is 0. The van der Waals surface area contributed by atoms with Crippen LogP contribution >= 0.6 is 0 Å². The Labute approximate surface area is 89.3 Å². The van der Waals surface area contributed by atoms with E-state index in [0.717, 1.165) is 30.3 Å². The van der Waals surface area contributed by atoms with Crippen LogP contribution in [-0.2, 0) is 6.42 Å². The summed E-state index contributed by atoms with van der Waals surface area (Å²) in [6, 6.07) is 5.86. The van der Waals surface area contributed by atoms with Crippen molar-refractivity contribution in [1.29, 1.82) is 0 Å². The van der Waals surface area contributed by atoms with Crippen molar-refractivity contribution in [3.8, 4) is 0 Å². The fraction of sp³-hybridized carbons (Fsp3) is 0.231. The van der Waals surface area contributed by atoms with Crippen LogP contribution in [0.25, 0.3) is 0 Å². The van der Waals surface area contributed by atoms with Crippen LogP contribution in [0.5, 0.6) is 0 Å². The minimum absolute atomic E-state index is 0.784. The SMILES string of the molecule is Cc1c(C=O)cccc1CC1=CN=CC1. The molecule has 1 aliphatic heterocycles. The monoisotopic (exact) mass is 199 g/mol. The van der Waals surface area contributed by atoms with E-state index >= 15 is 0 Å². The van der Waals surface area contributed by atoms with Crippen molar-refractivity contribution < 1.29 is 4.79 Å². The van der Waals surface area contributed by atoms with Crippen LogP contribution in [0.3, 0.4) is 0 Å². The maximum Gasteiger partial charge on any atom is 0.150 e. The van der Waals surface area contributed by atoms with Gasteiger partial charge >= 0.3 is 0 Å². The molecule has 0 saturated heterocycles. The second-order valence-corrected chi connectivity index (χ2v) is 3.75. The van der Waals surface area contributed by atoms with Crippen molar-refractivity contribution in [2.45, 2.75) is 19.8 Å². The van der Waals surface area contributed by atoms with Crippen molar-refractivity contribution in [1.82, 2.24) is 0 Å². The van der Waals surface area contributed by atoms with E-state index < -0.39 is 0 Å². The van der Waals surface area contributed by atoms with Crippen LogP contribution in [-0.4, -0.2) is 12.5 Å². The van der Waals surface area contributed by atoms with Gasteiger partial charge in [-0.05, 0) is 30.0 Å². The van der Waals surface area contributed by atoms with Crippen LogP contribution in [0.4, 0.5) is 0 Å². The summed E-state index contributed by atoms with van der Waals surface area (Å²) in [5.74, 6) is 0. The second kappa shape index (κ2) is 4.22. The average molecular weight is 199 g/mol. The molecular formula is C13H13NO. The van der Waals surface area contributed by atoms with Gasteiger partial charge in [0.05, 0.1) is 0 Å². The van der Waals surface area contributed by atoms with Crippen molar-refractivity contribution >= 4 is 12.5 Å². The zero-order chi connectivity index (χ0) is 10.7. The number of aliphatic imine (C=N–C) groups is 1. The molecule has 0 N–H and O–H groups in total. The first-order valence-electron chi connectivity index (χ1n) is 5.04. The molecule has 0 fully saturated rings. The fourth-order valence-electron chi connectivity index (χ4n) is 1.77. The maximum absolute atomic E-state index is 10.8. The predicted octanol–water partition coefficient (Wildman–Crippen LogP) is 2.71. The molecule has 2 rings (SSSR count). The van der Waals surface area contributed by atoms with Gasteiger partial charge in [0, 0.05) is 24.4 Å². The van der Waals surface area contributed by atoms with Crippen molar-refractivity contribution in [2.75, 3.05) is 0 Å². The molecule has 0 saturated carbocycles. The summed E-state index contributed by atoms with van der Waals surface area (Å²) in [4.78, 5) is 14.9. The van der Waals surface area contributed by atoms with E-state index in [1.165, 1.54) is 11.1 Å². The molecule has 2 nitrogen and oxygen atoms in total. The van der Waals surface area contributed by atoms with Crippen LogP contribution < -0.4 is 0 Å². The summed E-state index contributed by atoms with van der Waals surface area (Å²) >= 11 is 0. The molecule has 1 aliphatic rings. The van der Waals surface area contributed by atoms with Gasteiger partial charge in [-0.3, -0.25) is 9.79 Å². The van der Waals surface area contributed by atoms with E-state index in [2.05, 4.69) is 11.1 Å². The highest BCUT2D eigenvalue weighted by atomic mass is 16.1. The summed E-state index contributed by atoms with van der Waals surface area (Å²) in [5, 5.41) is 0. The topological polar surface area (TPSA) is 29.4 Å². The number of carbonyl (C=O) groups excluding carboxylic acids is 1. The number of nitrogens with zero attached hydrogens (tertiary/aromatic N) is 1. The number of allylic oxidation sites excluding steroid dienone is 1. The van der Waals surface area contributed by atoms with Gasteiger partial charge in [-0.1, -0.05) is 18.2 Å². The Morgan fingerprint density at radius 3 is 3.00 bits per heavy atom. The fourth-order valence-corrected chi connectivity index (χ4v) is 1.77. The van der Waals surface area contributed by atoms with Crippen molar-refractivity contribution in [3.63, 3.8) is 0 Å². The first kappa shape index (κ1) is 9.84. The first-order chi connectivity index (χ1) is 7.31. The number of benzene rings is 1. The highest BCUT2D eigenvalue weighted by Crippen LogP contribution is 2.19. The molecule has 0 unspecified atom stereocenters. The Morgan fingerprint density at radius 2 is 2.33 bits per heavy atom. The van der Waals surface area contributed by atoms with Crippen LogP contribution in [0.15, 0.2) is 35.0 Å². The van der Waals surface area contributed by atoms with Crippen LogP contribution in [0, 0.1) is 6.92 Å². The van der Waals surface area contributed by atoms with Crippen molar-refractivity contribution in [2.24, 2.45) is 4.99 Å². The Kier molecular flexibility index (Phi) is 2.77. The number of carbonyl (C=O) groups is 1. The van der Waals surface area contributed by atoms with E-state index in [9.17, 15) is 4.79 Å². The lowest BCUT2D eigenvalue weighted by molar-refractivity contribution is 0.112. The highest BCUT2D eigenvalue weighted by Gasteiger charge is 2.06. The molecule has 15 heavy (non-hydrogen) atoms. The molecule has 2 heteroatoms. The standard InChI is InChI=1S/C13H13NO/c1-10-12(3-2-4-13(10)9-15)7-11-5-6-14-8-11/h2-4,6,8-9H,5,7H2,1H3. The van der Waals surface area contributed by atoms with E-state index in [1.54, 1.807) is 0 Å². The van der Waals surface area contributed by atoms with Gasteiger partial charge in [0.15, 0.2) is 0 Å². The third-order valence-electron chi connectivity index (χ3n) is 2.75. The summed E-state index contributed by atoms with van der Waals surface area (Å²) < 4.78 is 0. The Balaban J connectivity index is 2.24. The third-order valence-corrected chi connectivity index (χ3v) is 2.75. The summed E-state index contributed by atoms with van der Waals surface area (Å²) in [6.07, 6.45) is 6.57. The molecule has 0 amide bonds. The molecule has 0 aromatic heterocycles. The van der Waals surface area contributed by atoms with Gasteiger partial charge in [-0.2, -0.15) is 0 Å². The highest BCUT2D eigenvalue weighted by molar-refractivity contribution is 5.77. The minimum Gasteiger partial charge on any atom is -0.298 e. The zero-order valence-electron chi connectivity index (χ0n) is 8.73. The normalized spacial score (nSPS) is 14.1. The average Bonchev–Trinajstić information content (AvgIpc) is 2.74. The van der Waals surface area contributed by atoms with E-state index in [1.807, 2.05) is 31.5 Å². The number of aldehydes is 1. The van der Waals surface area contributed by atoms with Crippen molar-refractivity contribution in [3.05, 3.63) is 46.7 Å². The molecular weight excluding hydrogens is 186 g/mol. The van der Waals surface area contributed by atoms with Gasteiger partial charge in [-0.15, -0.1) is 0 Å². The molecule has 0 radical (unpaired) electrons. The molecule has 0 aliphatic carbocycles. The molecule has 1 aromatic carbocycles. The van der Waals surface area contributed by atoms with E-state index in [4.69, 9.17) is 0 Å². The molecule has 1 heterocycles. The Hall–Kier alpha value is -1.70. The molecule has 1 aromatic rings. The predicted molar refractivity (Wildman–Crippen MR) is 61.5 cm³/mol. The molecule has 0 bridgehead atoms. The van der Waals surface area contributed by atoms with Crippen LogP contribution in [0.1, 0.15) is 27.9 Å². The van der Waals surface area contributed by atoms with E-state index in [-0.39, 0.29) is 0 Å². The quantitative estimate of drug-likeness (QED) is 0.688. The zero-order valence-corrected chi connectivity index (χ0v) is 8.73. The second-order valence-electron chi connectivity index (χ2n) is 3.75. The van der Waals surface area contributed by atoms with Gasteiger partial charge in [0.25, 0.3) is 0 Å². The lowest BCUT2D eigenvalue weighted by atomic mass is 9.97. The van der Waals surface area contributed by atoms with Gasteiger partial charge in [-0.25, -0.2) is 0 Å². The summed E-state index contributed by atoms with van der Waals surface area (Å²) in [5.41, 5.74) is 4.39. The van der Waals surface area contributed by atoms with Gasteiger partial charge in [0.1, 0.15) is 6.29 Å². The maximum atomic E-state index is 10.8. The molecule has 76 valence electrons. The third kappa shape index (κ3) is 2.04.